The van der Waals surface area contributed by atoms with Gasteiger partial charge < -0.3 is 4.57 Å². The average molecular weight is 341 g/mol. The Kier molecular flexibility index (Phi) is 4.46. The molecule has 2 nitrogen and oxygen atoms in total. The van der Waals surface area contributed by atoms with Crippen molar-refractivity contribution in [1.82, 2.24) is 9.55 Å². The van der Waals surface area contributed by atoms with Crippen LogP contribution in [-0.4, -0.2) is 15.3 Å². The van der Waals surface area contributed by atoms with E-state index in [0.717, 1.165) is 18.2 Å². The SMILES string of the molecule is CCSc1ccc2c3c1C[C@@H](Cn1ccnc1)C[C@@]3(CC)CCC2. The maximum atomic E-state index is 4.24. The molecule has 0 saturated heterocycles. The molecular formula is C21H28N2S. The molecule has 2 aliphatic carbocycles. The molecule has 1 aromatic carbocycles. The van der Waals surface area contributed by atoms with Gasteiger partial charge in [0.05, 0.1) is 6.33 Å². The first-order valence-corrected chi connectivity index (χ1v) is 10.5. The van der Waals surface area contributed by atoms with Gasteiger partial charge in [0.1, 0.15) is 0 Å². The van der Waals surface area contributed by atoms with Crippen LogP contribution in [-0.2, 0) is 24.8 Å². The van der Waals surface area contributed by atoms with Crippen LogP contribution in [0, 0.1) is 5.92 Å². The number of rotatable bonds is 5. The Morgan fingerprint density at radius 1 is 1.33 bits per heavy atom. The molecule has 0 amide bonds. The van der Waals surface area contributed by atoms with Crippen LogP contribution in [0.2, 0.25) is 0 Å². The van der Waals surface area contributed by atoms with Crippen LogP contribution in [0.5, 0.6) is 0 Å². The van der Waals surface area contributed by atoms with Gasteiger partial charge in [-0.05, 0) is 78.4 Å². The Labute approximate surface area is 150 Å². The van der Waals surface area contributed by atoms with Crippen LogP contribution in [0.15, 0.2) is 35.7 Å². The lowest BCUT2D eigenvalue weighted by Crippen LogP contribution is -2.39. The van der Waals surface area contributed by atoms with Crippen LogP contribution in [0.25, 0.3) is 0 Å². The molecule has 0 saturated carbocycles. The smallest absolute Gasteiger partial charge is 0.0945 e. The molecule has 3 heteroatoms. The zero-order valence-corrected chi connectivity index (χ0v) is 15.7. The molecule has 24 heavy (non-hydrogen) atoms. The van der Waals surface area contributed by atoms with E-state index < -0.39 is 0 Å². The van der Waals surface area contributed by atoms with E-state index in [1.54, 1.807) is 21.6 Å². The van der Waals surface area contributed by atoms with Crippen molar-refractivity contribution in [3.8, 4) is 0 Å². The number of nitrogens with zero attached hydrogens (tertiary/aromatic N) is 2. The quantitative estimate of drug-likeness (QED) is 0.693. The van der Waals surface area contributed by atoms with Gasteiger partial charge >= 0.3 is 0 Å². The summed E-state index contributed by atoms with van der Waals surface area (Å²) in [4.78, 5) is 5.79. The summed E-state index contributed by atoms with van der Waals surface area (Å²) < 4.78 is 2.28. The second kappa shape index (κ2) is 6.59. The highest BCUT2D eigenvalue weighted by molar-refractivity contribution is 7.99. The van der Waals surface area contributed by atoms with Gasteiger partial charge in [-0.2, -0.15) is 0 Å². The molecule has 0 spiro atoms. The molecule has 2 atom stereocenters. The first-order chi connectivity index (χ1) is 11.8. The van der Waals surface area contributed by atoms with E-state index in [2.05, 4.69) is 41.7 Å². The highest BCUT2D eigenvalue weighted by atomic mass is 32.2. The molecule has 0 N–H and O–H groups in total. The monoisotopic (exact) mass is 340 g/mol. The molecule has 128 valence electrons. The fourth-order valence-corrected chi connectivity index (χ4v) is 6.05. The lowest BCUT2D eigenvalue weighted by Gasteiger charge is -2.47. The molecule has 0 unspecified atom stereocenters. The van der Waals surface area contributed by atoms with Gasteiger partial charge in [0.2, 0.25) is 0 Å². The van der Waals surface area contributed by atoms with Gasteiger partial charge in [-0.15, -0.1) is 11.8 Å². The Hall–Kier alpha value is -1.22. The van der Waals surface area contributed by atoms with Gasteiger partial charge in [-0.1, -0.05) is 19.9 Å². The Bertz CT molecular complexity index is 707. The van der Waals surface area contributed by atoms with Crippen molar-refractivity contribution in [2.24, 2.45) is 5.92 Å². The second-order valence-corrected chi connectivity index (χ2v) is 8.84. The number of hydrogen-bond donors (Lipinski definition) is 0. The van der Waals surface area contributed by atoms with Crippen molar-refractivity contribution >= 4 is 11.8 Å². The molecule has 2 aliphatic rings. The number of hydrogen-bond acceptors (Lipinski definition) is 2. The molecule has 1 heterocycles. The van der Waals surface area contributed by atoms with Crippen molar-refractivity contribution in [3.63, 3.8) is 0 Å². The van der Waals surface area contributed by atoms with E-state index in [1.165, 1.54) is 38.5 Å². The van der Waals surface area contributed by atoms with Gasteiger partial charge in [0.15, 0.2) is 0 Å². The Morgan fingerprint density at radius 3 is 3.00 bits per heavy atom. The lowest BCUT2D eigenvalue weighted by molar-refractivity contribution is 0.224. The summed E-state index contributed by atoms with van der Waals surface area (Å²) >= 11 is 2.04. The maximum absolute atomic E-state index is 4.24. The number of aromatic nitrogens is 2. The molecule has 0 fully saturated rings. The number of imidazole rings is 1. The molecule has 0 aliphatic heterocycles. The van der Waals surface area contributed by atoms with Crippen molar-refractivity contribution in [1.29, 1.82) is 0 Å². The maximum Gasteiger partial charge on any atom is 0.0945 e. The molecular weight excluding hydrogens is 312 g/mol. The topological polar surface area (TPSA) is 17.8 Å². The first kappa shape index (κ1) is 16.3. The minimum Gasteiger partial charge on any atom is -0.337 e. The summed E-state index contributed by atoms with van der Waals surface area (Å²) in [5.74, 6) is 1.90. The van der Waals surface area contributed by atoms with E-state index in [4.69, 9.17) is 0 Å². The highest BCUT2D eigenvalue weighted by Gasteiger charge is 2.42. The van der Waals surface area contributed by atoms with Gasteiger partial charge in [-0.3, -0.25) is 0 Å². The van der Waals surface area contributed by atoms with E-state index >= 15 is 0 Å². The van der Waals surface area contributed by atoms with Gasteiger partial charge in [-0.25, -0.2) is 4.98 Å². The second-order valence-electron chi connectivity index (χ2n) is 7.53. The van der Waals surface area contributed by atoms with Crippen LogP contribution < -0.4 is 0 Å². The van der Waals surface area contributed by atoms with Gasteiger partial charge in [0, 0.05) is 23.8 Å². The third-order valence-electron chi connectivity index (χ3n) is 6.17. The standard InChI is InChI=1S/C21H28N2S/c1-3-21-9-5-6-17-7-8-19(24-4-2)18(20(17)21)12-16(13-21)14-23-11-10-22-15-23/h7-8,10-11,15-16H,3-6,9,12-14H2,1-2H3/t16-,21-/m1/s1. The largest absolute Gasteiger partial charge is 0.337 e. The van der Waals surface area contributed by atoms with E-state index in [1.807, 2.05) is 24.3 Å². The molecule has 0 bridgehead atoms. The fraction of sp³-hybridized carbons (Fsp3) is 0.571. The summed E-state index contributed by atoms with van der Waals surface area (Å²) in [5.41, 5.74) is 5.53. The first-order valence-electron chi connectivity index (χ1n) is 9.49. The minimum absolute atomic E-state index is 0.427. The minimum atomic E-state index is 0.427. The number of thioether (sulfide) groups is 1. The summed E-state index contributed by atoms with van der Waals surface area (Å²) in [6.45, 7) is 5.80. The zero-order chi connectivity index (χ0) is 16.6. The summed E-state index contributed by atoms with van der Waals surface area (Å²) in [6, 6.07) is 4.85. The van der Waals surface area contributed by atoms with E-state index in [9.17, 15) is 0 Å². The molecule has 0 radical (unpaired) electrons. The summed E-state index contributed by atoms with van der Waals surface area (Å²) in [6.07, 6.45) is 13.9. The van der Waals surface area contributed by atoms with Crippen LogP contribution >= 0.6 is 11.8 Å². The van der Waals surface area contributed by atoms with Crippen LogP contribution in [0.4, 0.5) is 0 Å². The fourth-order valence-electron chi connectivity index (χ4n) is 5.22. The third kappa shape index (κ3) is 2.71. The molecule has 1 aromatic heterocycles. The molecule has 4 rings (SSSR count). The van der Waals surface area contributed by atoms with Crippen LogP contribution in [0.1, 0.15) is 56.2 Å². The Balaban J connectivity index is 1.77. The van der Waals surface area contributed by atoms with Gasteiger partial charge in [0.25, 0.3) is 0 Å². The Morgan fingerprint density at radius 2 is 2.25 bits per heavy atom. The van der Waals surface area contributed by atoms with Crippen molar-refractivity contribution in [2.45, 2.75) is 69.2 Å². The predicted molar refractivity (Wildman–Crippen MR) is 102 cm³/mol. The average Bonchev–Trinajstić information content (AvgIpc) is 3.10. The number of aryl methyl sites for hydroxylation is 1. The normalized spacial score (nSPS) is 25.5. The summed E-state index contributed by atoms with van der Waals surface area (Å²) in [7, 11) is 0. The zero-order valence-electron chi connectivity index (χ0n) is 14.9. The lowest BCUT2D eigenvalue weighted by atomic mass is 9.59. The van der Waals surface area contributed by atoms with Crippen molar-refractivity contribution < 1.29 is 0 Å². The summed E-state index contributed by atoms with van der Waals surface area (Å²) in [5, 5.41) is 0. The van der Waals surface area contributed by atoms with E-state index in [0.29, 0.717) is 5.41 Å². The van der Waals surface area contributed by atoms with Crippen LogP contribution in [0.3, 0.4) is 0 Å². The number of benzene rings is 1. The van der Waals surface area contributed by atoms with E-state index in [-0.39, 0.29) is 0 Å². The highest BCUT2D eigenvalue weighted by Crippen LogP contribution is 2.52. The van der Waals surface area contributed by atoms with Crippen molar-refractivity contribution in [2.75, 3.05) is 5.75 Å². The predicted octanol–water partition coefficient (Wildman–Crippen LogP) is 5.24. The third-order valence-corrected chi connectivity index (χ3v) is 7.15. The molecule has 2 aromatic rings. The van der Waals surface area contributed by atoms with Crippen molar-refractivity contribution in [3.05, 3.63) is 47.5 Å².